The predicted octanol–water partition coefficient (Wildman–Crippen LogP) is 3.19. The third-order valence-corrected chi connectivity index (χ3v) is 3.52. The second-order valence-corrected chi connectivity index (χ2v) is 5.90. The molecule has 0 bridgehead atoms. The van der Waals surface area contributed by atoms with Crippen LogP contribution in [-0.2, 0) is 6.54 Å². The van der Waals surface area contributed by atoms with Crippen molar-refractivity contribution in [1.82, 2.24) is 10.3 Å². The Hall–Kier alpha value is -1.03. The van der Waals surface area contributed by atoms with Crippen LogP contribution in [-0.4, -0.2) is 24.6 Å². The summed E-state index contributed by atoms with van der Waals surface area (Å²) in [6.45, 7) is 8.41. The highest BCUT2D eigenvalue weighted by atomic mass is 16.4. The maximum atomic E-state index is 5.63. The van der Waals surface area contributed by atoms with Crippen LogP contribution >= 0.6 is 0 Å². The molecule has 0 aliphatic carbocycles. The average Bonchev–Trinajstić information content (AvgIpc) is 2.76. The van der Waals surface area contributed by atoms with E-state index in [2.05, 4.69) is 29.0 Å². The fourth-order valence-electron chi connectivity index (χ4n) is 2.45. The lowest BCUT2D eigenvalue weighted by Gasteiger charge is -2.22. The topological polar surface area (TPSA) is 41.3 Å². The summed E-state index contributed by atoms with van der Waals surface area (Å²) in [7, 11) is 0. The fraction of sp³-hybridized carbons (Fsp3) is 0.800. The Morgan fingerprint density at radius 3 is 2.58 bits per heavy atom. The number of hydrogen-bond donors (Lipinski definition) is 1. The molecule has 1 aliphatic rings. The van der Waals surface area contributed by atoms with Gasteiger partial charge < -0.3 is 14.6 Å². The van der Waals surface area contributed by atoms with Crippen LogP contribution in [0.15, 0.2) is 10.7 Å². The second kappa shape index (κ2) is 7.53. The minimum absolute atomic E-state index is 0.667. The van der Waals surface area contributed by atoms with Gasteiger partial charge in [-0.25, -0.2) is 0 Å². The van der Waals surface area contributed by atoms with Crippen molar-refractivity contribution in [3.63, 3.8) is 0 Å². The van der Waals surface area contributed by atoms with Crippen molar-refractivity contribution in [2.45, 2.75) is 52.5 Å². The number of rotatable bonds is 5. The highest BCUT2D eigenvalue weighted by molar-refractivity contribution is 5.26. The van der Waals surface area contributed by atoms with Crippen molar-refractivity contribution in [2.24, 2.45) is 5.92 Å². The maximum Gasteiger partial charge on any atom is 0.297 e. The second-order valence-electron chi connectivity index (χ2n) is 5.90. The summed E-state index contributed by atoms with van der Waals surface area (Å²) in [5.41, 5.74) is 1.01. The molecule has 4 nitrogen and oxygen atoms in total. The monoisotopic (exact) mass is 265 g/mol. The molecule has 1 fully saturated rings. The van der Waals surface area contributed by atoms with Crippen LogP contribution in [0.5, 0.6) is 0 Å². The number of oxazole rings is 1. The molecular formula is C15H27N3O. The summed E-state index contributed by atoms with van der Waals surface area (Å²) in [5.74, 6) is 0.667. The normalized spacial score (nSPS) is 17.5. The number of hydrogen-bond acceptors (Lipinski definition) is 4. The SMILES string of the molecule is CC(C)CNCc1coc(N2CCCCCCC2)n1. The molecule has 1 aromatic rings. The first-order valence-electron chi connectivity index (χ1n) is 7.66. The largest absolute Gasteiger partial charge is 0.432 e. The van der Waals surface area contributed by atoms with Gasteiger partial charge in [0, 0.05) is 19.6 Å². The molecule has 1 aliphatic heterocycles. The Morgan fingerprint density at radius 1 is 1.21 bits per heavy atom. The molecule has 1 aromatic heterocycles. The van der Waals surface area contributed by atoms with Crippen LogP contribution in [0.25, 0.3) is 0 Å². The van der Waals surface area contributed by atoms with Gasteiger partial charge in [0.1, 0.15) is 6.26 Å². The number of nitrogens with one attached hydrogen (secondary N) is 1. The first-order chi connectivity index (χ1) is 9.25. The van der Waals surface area contributed by atoms with Crippen LogP contribution in [0.2, 0.25) is 0 Å². The van der Waals surface area contributed by atoms with Gasteiger partial charge in [-0.3, -0.25) is 0 Å². The van der Waals surface area contributed by atoms with Gasteiger partial charge in [0.25, 0.3) is 6.01 Å². The zero-order valence-corrected chi connectivity index (χ0v) is 12.3. The van der Waals surface area contributed by atoms with Gasteiger partial charge in [0.15, 0.2) is 0 Å². The van der Waals surface area contributed by atoms with Crippen molar-refractivity contribution in [1.29, 1.82) is 0 Å². The van der Waals surface area contributed by atoms with E-state index in [1.165, 1.54) is 32.1 Å². The molecule has 0 aromatic carbocycles. The minimum Gasteiger partial charge on any atom is -0.432 e. The highest BCUT2D eigenvalue weighted by Gasteiger charge is 2.14. The minimum atomic E-state index is 0.667. The molecular weight excluding hydrogens is 238 g/mol. The van der Waals surface area contributed by atoms with Crippen LogP contribution in [0.1, 0.15) is 51.6 Å². The van der Waals surface area contributed by atoms with Crippen LogP contribution in [0, 0.1) is 5.92 Å². The molecule has 0 amide bonds. The molecule has 1 saturated heterocycles. The van der Waals surface area contributed by atoms with Gasteiger partial charge in [0.2, 0.25) is 0 Å². The molecule has 2 rings (SSSR count). The Bertz CT molecular complexity index is 354. The molecule has 0 unspecified atom stereocenters. The van der Waals surface area contributed by atoms with E-state index in [-0.39, 0.29) is 0 Å². The van der Waals surface area contributed by atoms with E-state index in [9.17, 15) is 0 Å². The maximum absolute atomic E-state index is 5.63. The lowest BCUT2D eigenvalue weighted by atomic mass is 10.1. The zero-order valence-electron chi connectivity index (χ0n) is 12.3. The van der Waals surface area contributed by atoms with Crippen LogP contribution in [0.3, 0.4) is 0 Å². The molecule has 0 spiro atoms. The van der Waals surface area contributed by atoms with E-state index < -0.39 is 0 Å². The van der Waals surface area contributed by atoms with Gasteiger partial charge in [-0.2, -0.15) is 4.98 Å². The molecule has 0 radical (unpaired) electrons. The first-order valence-corrected chi connectivity index (χ1v) is 7.66. The van der Waals surface area contributed by atoms with Gasteiger partial charge in [0.05, 0.1) is 5.69 Å². The van der Waals surface area contributed by atoms with Crippen molar-refractivity contribution < 1.29 is 4.42 Å². The number of aromatic nitrogens is 1. The quantitative estimate of drug-likeness (QED) is 0.887. The Kier molecular flexibility index (Phi) is 5.70. The van der Waals surface area contributed by atoms with E-state index in [1.54, 1.807) is 6.26 Å². The van der Waals surface area contributed by atoms with Gasteiger partial charge in [-0.05, 0) is 25.3 Å². The third kappa shape index (κ3) is 4.86. The van der Waals surface area contributed by atoms with E-state index in [0.717, 1.165) is 37.9 Å². The van der Waals surface area contributed by atoms with Gasteiger partial charge >= 0.3 is 0 Å². The summed E-state index contributed by atoms with van der Waals surface area (Å²) >= 11 is 0. The molecule has 0 saturated carbocycles. The lowest BCUT2D eigenvalue weighted by molar-refractivity contribution is 0.492. The van der Waals surface area contributed by atoms with E-state index in [1.807, 2.05) is 0 Å². The van der Waals surface area contributed by atoms with Crippen molar-refractivity contribution in [3.8, 4) is 0 Å². The summed E-state index contributed by atoms with van der Waals surface area (Å²) in [6, 6.07) is 0.809. The molecule has 0 atom stereocenters. The van der Waals surface area contributed by atoms with Crippen molar-refractivity contribution in [3.05, 3.63) is 12.0 Å². The summed E-state index contributed by atoms with van der Waals surface area (Å²) in [5, 5.41) is 3.40. The standard InChI is InChI=1S/C15H27N3O/c1-13(2)10-16-11-14-12-19-15(17-14)18-8-6-4-3-5-7-9-18/h12-13,16H,3-11H2,1-2H3. The lowest BCUT2D eigenvalue weighted by Crippen LogP contribution is -2.27. The highest BCUT2D eigenvalue weighted by Crippen LogP contribution is 2.18. The van der Waals surface area contributed by atoms with E-state index in [0.29, 0.717) is 5.92 Å². The molecule has 4 heteroatoms. The zero-order chi connectivity index (χ0) is 13.5. The first kappa shape index (κ1) is 14.4. The summed E-state index contributed by atoms with van der Waals surface area (Å²) < 4.78 is 5.63. The van der Waals surface area contributed by atoms with E-state index >= 15 is 0 Å². The van der Waals surface area contributed by atoms with Gasteiger partial charge in [-0.15, -0.1) is 0 Å². The number of anilines is 1. The Balaban J connectivity index is 1.84. The number of nitrogens with zero attached hydrogens (tertiary/aromatic N) is 2. The third-order valence-electron chi connectivity index (χ3n) is 3.52. The fourth-order valence-corrected chi connectivity index (χ4v) is 2.45. The molecule has 2 heterocycles. The summed E-state index contributed by atoms with van der Waals surface area (Å²) in [4.78, 5) is 6.90. The molecule has 1 N–H and O–H groups in total. The summed E-state index contributed by atoms with van der Waals surface area (Å²) in [6.07, 6.45) is 8.35. The predicted molar refractivity (Wildman–Crippen MR) is 78.3 cm³/mol. The molecule has 108 valence electrons. The smallest absolute Gasteiger partial charge is 0.297 e. The van der Waals surface area contributed by atoms with Crippen molar-refractivity contribution in [2.75, 3.05) is 24.5 Å². The van der Waals surface area contributed by atoms with Crippen LogP contribution in [0.4, 0.5) is 6.01 Å². The van der Waals surface area contributed by atoms with Gasteiger partial charge in [-0.1, -0.05) is 33.1 Å². The van der Waals surface area contributed by atoms with Crippen LogP contribution < -0.4 is 10.2 Å². The Morgan fingerprint density at radius 2 is 1.89 bits per heavy atom. The Labute approximate surface area is 116 Å². The average molecular weight is 265 g/mol. The molecule has 19 heavy (non-hydrogen) atoms. The van der Waals surface area contributed by atoms with E-state index in [4.69, 9.17) is 4.42 Å². The van der Waals surface area contributed by atoms with Crippen molar-refractivity contribution >= 4 is 6.01 Å².